The molecule has 2 saturated heterocycles. The van der Waals surface area contributed by atoms with Crippen molar-refractivity contribution in [1.82, 2.24) is 15.1 Å². The van der Waals surface area contributed by atoms with Crippen LogP contribution in [0.3, 0.4) is 0 Å². The number of urea groups is 1. The monoisotopic (exact) mass is 391 g/mol. The predicted octanol–water partition coefficient (Wildman–Crippen LogP) is 0.161. The fraction of sp³-hybridized carbons (Fsp3) is 0.389. The van der Waals surface area contributed by atoms with E-state index in [0.717, 1.165) is 4.90 Å². The van der Waals surface area contributed by atoms with Crippen LogP contribution < -0.4 is 14.8 Å². The Labute approximate surface area is 161 Å². The molecule has 0 aliphatic carbocycles. The van der Waals surface area contributed by atoms with Crippen LogP contribution in [0.25, 0.3) is 6.08 Å². The van der Waals surface area contributed by atoms with Crippen LogP contribution in [-0.2, 0) is 14.3 Å². The van der Waals surface area contributed by atoms with E-state index in [-0.39, 0.29) is 35.4 Å². The molecule has 0 radical (unpaired) electrons. The second-order valence-electron chi connectivity index (χ2n) is 6.15. The molecule has 2 fully saturated rings. The smallest absolute Gasteiger partial charge is 0.329 e. The van der Waals surface area contributed by atoms with Gasteiger partial charge in [0.25, 0.3) is 5.91 Å². The van der Waals surface area contributed by atoms with E-state index in [1.807, 2.05) is 0 Å². The molecule has 2 aliphatic heterocycles. The summed E-state index contributed by atoms with van der Waals surface area (Å²) in [6, 6.07) is 2.31. The van der Waals surface area contributed by atoms with Gasteiger partial charge in [-0.15, -0.1) is 0 Å². The van der Waals surface area contributed by atoms with Crippen LogP contribution >= 0.6 is 0 Å². The molecule has 0 atom stereocenters. The number of morpholine rings is 1. The molecule has 28 heavy (non-hydrogen) atoms. The lowest BCUT2D eigenvalue weighted by Crippen LogP contribution is -2.47. The molecule has 4 amide bonds. The van der Waals surface area contributed by atoms with Crippen LogP contribution in [0.15, 0.2) is 17.8 Å². The van der Waals surface area contributed by atoms with Gasteiger partial charge in [0.1, 0.15) is 12.2 Å². The zero-order valence-electron chi connectivity index (χ0n) is 15.6. The third-order valence-electron chi connectivity index (χ3n) is 4.43. The number of ether oxygens (including phenoxy) is 3. The number of rotatable bonds is 5. The Hall–Kier alpha value is -3.27. The molecule has 2 aliphatic rings. The van der Waals surface area contributed by atoms with Gasteiger partial charge in [0.05, 0.1) is 27.4 Å². The van der Waals surface area contributed by atoms with E-state index < -0.39 is 11.9 Å². The lowest BCUT2D eigenvalue weighted by molar-refractivity contribution is -0.139. The van der Waals surface area contributed by atoms with Crippen molar-refractivity contribution in [3.8, 4) is 17.2 Å². The first-order chi connectivity index (χ1) is 13.4. The molecule has 10 heteroatoms. The summed E-state index contributed by atoms with van der Waals surface area (Å²) in [6.07, 6.45) is 1.42. The van der Waals surface area contributed by atoms with E-state index >= 15 is 0 Å². The van der Waals surface area contributed by atoms with E-state index in [0.29, 0.717) is 31.9 Å². The molecule has 150 valence electrons. The van der Waals surface area contributed by atoms with Gasteiger partial charge in [-0.2, -0.15) is 0 Å². The SMILES string of the molecule is COc1cc(/C=C2\NC(=O)N(CC(=O)N3CCOCC3)C2=O)cc(OC)c1O. The number of benzene rings is 1. The summed E-state index contributed by atoms with van der Waals surface area (Å²) in [5.74, 6) is -0.796. The normalized spacial score (nSPS) is 18.4. The highest BCUT2D eigenvalue weighted by atomic mass is 16.5. The van der Waals surface area contributed by atoms with E-state index in [2.05, 4.69) is 5.32 Å². The number of carbonyl (C=O) groups is 3. The molecule has 0 spiro atoms. The molecule has 1 aromatic carbocycles. The average Bonchev–Trinajstić information content (AvgIpc) is 2.97. The van der Waals surface area contributed by atoms with Crippen molar-refractivity contribution in [1.29, 1.82) is 0 Å². The van der Waals surface area contributed by atoms with E-state index in [9.17, 15) is 19.5 Å². The number of carbonyl (C=O) groups excluding carboxylic acids is 3. The van der Waals surface area contributed by atoms with Gasteiger partial charge in [-0.3, -0.25) is 9.59 Å². The van der Waals surface area contributed by atoms with Gasteiger partial charge in [-0.1, -0.05) is 0 Å². The zero-order valence-corrected chi connectivity index (χ0v) is 15.6. The number of nitrogens with one attached hydrogen (secondary N) is 1. The number of imide groups is 1. The average molecular weight is 391 g/mol. The molecular formula is C18H21N3O7. The van der Waals surface area contributed by atoms with E-state index in [4.69, 9.17) is 14.2 Å². The van der Waals surface area contributed by atoms with Gasteiger partial charge in [0.2, 0.25) is 11.7 Å². The predicted molar refractivity (Wildman–Crippen MR) is 96.8 cm³/mol. The fourth-order valence-corrected chi connectivity index (χ4v) is 2.93. The largest absolute Gasteiger partial charge is 0.502 e. The Bertz CT molecular complexity index is 805. The maximum absolute atomic E-state index is 12.6. The number of nitrogens with zero attached hydrogens (tertiary/aromatic N) is 2. The highest BCUT2D eigenvalue weighted by Crippen LogP contribution is 2.37. The summed E-state index contributed by atoms with van der Waals surface area (Å²) in [7, 11) is 2.76. The topological polar surface area (TPSA) is 118 Å². The first-order valence-corrected chi connectivity index (χ1v) is 8.59. The molecule has 2 heterocycles. The number of amides is 4. The lowest BCUT2D eigenvalue weighted by atomic mass is 10.1. The van der Waals surface area contributed by atoms with Crippen LogP contribution in [0, 0.1) is 0 Å². The number of phenols is 1. The van der Waals surface area contributed by atoms with Crippen molar-refractivity contribution in [2.24, 2.45) is 0 Å². The molecule has 0 saturated carbocycles. The summed E-state index contributed by atoms with van der Waals surface area (Å²) in [5, 5.41) is 12.4. The van der Waals surface area contributed by atoms with Gasteiger partial charge >= 0.3 is 6.03 Å². The minimum Gasteiger partial charge on any atom is -0.502 e. The van der Waals surface area contributed by atoms with Gasteiger partial charge in [-0.05, 0) is 23.8 Å². The minimum absolute atomic E-state index is 0.00886. The maximum atomic E-state index is 12.6. The third kappa shape index (κ3) is 3.86. The van der Waals surface area contributed by atoms with Gasteiger partial charge in [0, 0.05) is 13.1 Å². The Morgan fingerprint density at radius 1 is 1.21 bits per heavy atom. The maximum Gasteiger partial charge on any atom is 0.329 e. The first-order valence-electron chi connectivity index (χ1n) is 8.59. The number of hydrogen-bond donors (Lipinski definition) is 2. The van der Waals surface area contributed by atoms with Gasteiger partial charge < -0.3 is 29.5 Å². The van der Waals surface area contributed by atoms with Crippen LogP contribution in [0.2, 0.25) is 0 Å². The fourth-order valence-electron chi connectivity index (χ4n) is 2.93. The van der Waals surface area contributed by atoms with Crippen molar-refractivity contribution >= 4 is 23.9 Å². The van der Waals surface area contributed by atoms with Crippen LogP contribution in [0.5, 0.6) is 17.2 Å². The number of methoxy groups -OCH3 is 2. The Morgan fingerprint density at radius 2 is 1.82 bits per heavy atom. The summed E-state index contributed by atoms with van der Waals surface area (Å²) in [6.45, 7) is 1.38. The molecule has 0 aromatic heterocycles. The molecule has 0 unspecified atom stereocenters. The Balaban J connectivity index is 1.78. The first kappa shape index (κ1) is 19.5. The van der Waals surface area contributed by atoms with Gasteiger partial charge in [-0.25, -0.2) is 9.69 Å². The van der Waals surface area contributed by atoms with Crippen molar-refractivity contribution in [2.75, 3.05) is 47.1 Å². The molecule has 10 nitrogen and oxygen atoms in total. The Morgan fingerprint density at radius 3 is 2.39 bits per heavy atom. The van der Waals surface area contributed by atoms with Crippen molar-refractivity contribution in [2.45, 2.75) is 0 Å². The van der Waals surface area contributed by atoms with Crippen molar-refractivity contribution < 1.29 is 33.7 Å². The minimum atomic E-state index is -0.671. The van der Waals surface area contributed by atoms with Crippen LogP contribution in [0.4, 0.5) is 4.79 Å². The molecule has 0 bridgehead atoms. The highest BCUT2D eigenvalue weighted by Gasteiger charge is 2.36. The Kier molecular flexibility index (Phi) is 5.69. The molecule has 1 aromatic rings. The quantitative estimate of drug-likeness (QED) is 0.542. The molecular weight excluding hydrogens is 370 g/mol. The second-order valence-corrected chi connectivity index (χ2v) is 6.15. The second kappa shape index (κ2) is 8.17. The van der Waals surface area contributed by atoms with E-state index in [1.165, 1.54) is 32.4 Å². The van der Waals surface area contributed by atoms with Gasteiger partial charge in [0.15, 0.2) is 11.5 Å². The van der Waals surface area contributed by atoms with Crippen molar-refractivity contribution in [3.63, 3.8) is 0 Å². The van der Waals surface area contributed by atoms with Crippen LogP contribution in [0.1, 0.15) is 5.56 Å². The van der Waals surface area contributed by atoms with E-state index in [1.54, 1.807) is 4.90 Å². The lowest BCUT2D eigenvalue weighted by Gasteiger charge is -2.27. The number of aromatic hydroxyl groups is 1. The summed E-state index contributed by atoms with van der Waals surface area (Å²) in [4.78, 5) is 39.5. The van der Waals surface area contributed by atoms with Crippen LogP contribution in [-0.4, -0.2) is 79.8 Å². The molecule has 2 N–H and O–H groups in total. The number of hydrogen-bond acceptors (Lipinski definition) is 7. The third-order valence-corrected chi connectivity index (χ3v) is 4.43. The summed E-state index contributed by atoms with van der Waals surface area (Å²) >= 11 is 0. The zero-order chi connectivity index (χ0) is 20.3. The highest BCUT2D eigenvalue weighted by molar-refractivity contribution is 6.15. The summed E-state index contributed by atoms with van der Waals surface area (Å²) in [5.41, 5.74) is 0.478. The standard InChI is InChI=1S/C18H21N3O7/c1-26-13-8-11(9-14(27-2)16(13)23)7-12-17(24)21(18(25)19-12)10-15(22)20-3-5-28-6-4-20/h7-9,23H,3-6,10H2,1-2H3,(H,19,25)/b12-7-. The molecule has 3 rings (SSSR count). The van der Waals surface area contributed by atoms with Crippen molar-refractivity contribution in [3.05, 3.63) is 23.4 Å². The summed E-state index contributed by atoms with van der Waals surface area (Å²) < 4.78 is 15.3. The number of phenolic OH excluding ortho intramolecular Hbond substituents is 1.